The van der Waals surface area contributed by atoms with Crippen LogP contribution in [-0.4, -0.2) is 10.7 Å². The highest BCUT2D eigenvalue weighted by atomic mass is 16.6. The maximum absolute atomic E-state index is 11.5. The van der Waals surface area contributed by atoms with Gasteiger partial charge < -0.3 is 0 Å². The van der Waals surface area contributed by atoms with Crippen LogP contribution in [0.25, 0.3) is 0 Å². The van der Waals surface area contributed by atoms with Crippen molar-refractivity contribution in [2.24, 2.45) is 11.8 Å². The first-order chi connectivity index (χ1) is 8.41. The Labute approximate surface area is 107 Å². The molecule has 0 fully saturated rings. The van der Waals surface area contributed by atoms with Crippen LogP contribution in [0, 0.1) is 22.0 Å². The van der Waals surface area contributed by atoms with Crippen molar-refractivity contribution in [3.05, 3.63) is 39.9 Å². The third-order valence-electron chi connectivity index (χ3n) is 3.22. The lowest BCUT2D eigenvalue weighted by Gasteiger charge is -2.17. The second kappa shape index (κ2) is 6.28. The number of nitro groups is 1. The number of hydrogen-bond acceptors (Lipinski definition) is 3. The Bertz CT molecular complexity index is 423. The van der Waals surface area contributed by atoms with Crippen LogP contribution in [0.15, 0.2) is 24.3 Å². The van der Waals surface area contributed by atoms with Gasteiger partial charge in [0.1, 0.15) is 5.78 Å². The van der Waals surface area contributed by atoms with Crippen molar-refractivity contribution in [3.8, 4) is 0 Å². The summed E-state index contributed by atoms with van der Waals surface area (Å²) < 4.78 is 0. The highest BCUT2D eigenvalue weighted by Crippen LogP contribution is 2.20. The quantitative estimate of drug-likeness (QED) is 0.573. The molecule has 98 valence electrons. The first kappa shape index (κ1) is 14.4. The van der Waals surface area contributed by atoms with E-state index in [1.807, 2.05) is 13.8 Å². The summed E-state index contributed by atoms with van der Waals surface area (Å²) in [6, 6.07) is 6.53. The van der Waals surface area contributed by atoms with Crippen LogP contribution in [0.4, 0.5) is 5.69 Å². The summed E-state index contributed by atoms with van der Waals surface area (Å²) in [5.41, 5.74) is 1.14. The number of carbonyl (C=O) groups is 1. The van der Waals surface area contributed by atoms with Gasteiger partial charge in [0, 0.05) is 18.1 Å². The summed E-state index contributed by atoms with van der Waals surface area (Å²) in [5, 5.41) is 10.5. The zero-order chi connectivity index (χ0) is 13.7. The van der Waals surface area contributed by atoms with Crippen LogP contribution in [0.3, 0.4) is 0 Å². The van der Waals surface area contributed by atoms with Crippen LogP contribution < -0.4 is 0 Å². The number of nitrogens with zero attached hydrogens (tertiary/aromatic N) is 1. The number of benzene rings is 1. The van der Waals surface area contributed by atoms with E-state index in [0.29, 0.717) is 5.92 Å². The fourth-order valence-corrected chi connectivity index (χ4v) is 2.11. The molecule has 0 bridgehead atoms. The maximum atomic E-state index is 11.5. The topological polar surface area (TPSA) is 60.2 Å². The predicted molar refractivity (Wildman–Crippen MR) is 70.4 cm³/mol. The van der Waals surface area contributed by atoms with Crippen molar-refractivity contribution < 1.29 is 9.72 Å². The summed E-state index contributed by atoms with van der Waals surface area (Å²) in [4.78, 5) is 21.6. The molecular formula is C14H19NO3. The molecule has 0 aliphatic rings. The smallest absolute Gasteiger partial charge is 0.269 e. The molecule has 1 atom stereocenters. The van der Waals surface area contributed by atoms with Crippen molar-refractivity contribution in [2.75, 3.05) is 0 Å². The maximum Gasteiger partial charge on any atom is 0.269 e. The van der Waals surface area contributed by atoms with Crippen LogP contribution in [0.5, 0.6) is 0 Å². The van der Waals surface area contributed by atoms with Gasteiger partial charge in [-0.25, -0.2) is 0 Å². The van der Waals surface area contributed by atoms with Crippen molar-refractivity contribution in [1.82, 2.24) is 0 Å². The average molecular weight is 249 g/mol. The SMILES string of the molecule is CC(=O)C(CCc1ccc([N+](=O)[O-])cc1)C(C)C. The number of non-ortho nitro benzene ring substituents is 1. The van der Waals surface area contributed by atoms with Gasteiger partial charge in [0.25, 0.3) is 5.69 Å². The van der Waals surface area contributed by atoms with Gasteiger partial charge in [0.05, 0.1) is 4.92 Å². The van der Waals surface area contributed by atoms with E-state index in [4.69, 9.17) is 0 Å². The van der Waals surface area contributed by atoms with Gasteiger partial charge in [-0.1, -0.05) is 26.0 Å². The predicted octanol–water partition coefficient (Wildman–Crippen LogP) is 3.39. The second-order valence-electron chi connectivity index (χ2n) is 4.92. The van der Waals surface area contributed by atoms with E-state index in [1.165, 1.54) is 12.1 Å². The van der Waals surface area contributed by atoms with Crippen LogP contribution >= 0.6 is 0 Å². The Kier molecular flexibility index (Phi) is 5.01. The Morgan fingerprint density at radius 3 is 2.22 bits per heavy atom. The summed E-state index contributed by atoms with van der Waals surface area (Å²) in [6.45, 7) is 5.71. The third-order valence-corrected chi connectivity index (χ3v) is 3.22. The van der Waals surface area contributed by atoms with E-state index in [1.54, 1.807) is 19.1 Å². The first-order valence-corrected chi connectivity index (χ1v) is 6.15. The van der Waals surface area contributed by atoms with Gasteiger partial charge in [0.15, 0.2) is 0 Å². The Hall–Kier alpha value is -1.71. The largest absolute Gasteiger partial charge is 0.300 e. The summed E-state index contributed by atoms with van der Waals surface area (Å²) in [6.07, 6.45) is 1.57. The number of aryl methyl sites for hydroxylation is 1. The third kappa shape index (κ3) is 3.95. The monoisotopic (exact) mass is 249 g/mol. The molecule has 1 unspecified atom stereocenters. The van der Waals surface area contributed by atoms with E-state index in [-0.39, 0.29) is 17.4 Å². The molecule has 1 aromatic rings. The molecule has 0 aliphatic heterocycles. The average Bonchev–Trinajstić information content (AvgIpc) is 2.28. The summed E-state index contributed by atoms with van der Waals surface area (Å²) in [5.74, 6) is 0.618. The van der Waals surface area contributed by atoms with Crippen LogP contribution in [0.1, 0.15) is 32.8 Å². The van der Waals surface area contributed by atoms with E-state index < -0.39 is 4.92 Å². The Morgan fingerprint density at radius 2 is 1.83 bits per heavy atom. The molecule has 4 heteroatoms. The highest BCUT2D eigenvalue weighted by molar-refractivity contribution is 5.78. The minimum absolute atomic E-state index is 0.0696. The number of carbonyl (C=O) groups excluding carboxylic acids is 1. The molecule has 18 heavy (non-hydrogen) atoms. The molecule has 0 radical (unpaired) electrons. The number of rotatable bonds is 6. The van der Waals surface area contributed by atoms with Gasteiger partial charge >= 0.3 is 0 Å². The molecule has 1 rings (SSSR count). The fourth-order valence-electron chi connectivity index (χ4n) is 2.11. The summed E-state index contributed by atoms with van der Waals surface area (Å²) in [7, 11) is 0. The van der Waals surface area contributed by atoms with Crippen molar-refractivity contribution in [2.45, 2.75) is 33.6 Å². The van der Waals surface area contributed by atoms with E-state index >= 15 is 0 Å². The van der Waals surface area contributed by atoms with Crippen molar-refractivity contribution in [1.29, 1.82) is 0 Å². The Morgan fingerprint density at radius 1 is 1.28 bits per heavy atom. The van der Waals surface area contributed by atoms with Crippen LogP contribution in [0.2, 0.25) is 0 Å². The minimum atomic E-state index is -0.406. The Balaban J connectivity index is 2.62. The van der Waals surface area contributed by atoms with Crippen molar-refractivity contribution >= 4 is 11.5 Å². The van der Waals surface area contributed by atoms with Crippen LogP contribution in [-0.2, 0) is 11.2 Å². The van der Waals surface area contributed by atoms with Gasteiger partial charge in [-0.05, 0) is 31.2 Å². The van der Waals surface area contributed by atoms with Gasteiger partial charge in [0.2, 0.25) is 0 Å². The number of hydrogen-bond donors (Lipinski definition) is 0. The molecular weight excluding hydrogens is 230 g/mol. The molecule has 0 spiro atoms. The van der Waals surface area contributed by atoms with E-state index in [2.05, 4.69) is 0 Å². The van der Waals surface area contributed by atoms with Gasteiger partial charge in [-0.15, -0.1) is 0 Å². The molecule has 0 aliphatic carbocycles. The normalized spacial score (nSPS) is 12.4. The fraction of sp³-hybridized carbons (Fsp3) is 0.500. The van der Waals surface area contributed by atoms with Gasteiger partial charge in [-0.2, -0.15) is 0 Å². The lowest BCUT2D eigenvalue weighted by Crippen LogP contribution is -2.18. The number of Topliss-reactive ketones (excluding diaryl/α,β-unsaturated/α-hetero) is 1. The second-order valence-corrected chi connectivity index (χ2v) is 4.92. The molecule has 4 nitrogen and oxygen atoms in total. The number of ketones is 1. The van der Waals surface area contributed by atoms with Crippen molar-refractivity contribution in [3.63, 3.8) is 0 Å². The lowest BCUT2D eigenvalue weighted by molar-refractivity contribution is -0.384. The molecule has 0 amide bonds. The molecule has 0 saturated carbocycles. The summed E-state index contributed by atoms with van der Waals surface area (Å²) >= 11 is 0. The molecule has 0 N–H and O–H groups in total. The lowest BCUT2D eigenvalue weighted by atomic mass is 9.87. The zero-order valence-corrected chi connectivity index (χ0v) is 11.1. The highest BCUT2D eigenvalue weighted by Gasteiger charge is 2.18. The first-order valence-electron chi connectivity index (χ1n) is 6.15. The minimum Gasteiger partial charge on any atom is -0.300 e. The standard InChI is InChI=1S/C14H19NO3/c1-10(2)14(11(3)16)9-6-12-4-7-13(8-5-12)15(17)18/h4-5,7-8,10,14H,6,9H2,1-3H3. The molecule has 0 heterocycles. The van der Waals surface area contributed by atoms with E-state index in [0.717, 1.165) is 18.4 Å². The molecule has 0 aromatic heterocycles. The number of nitro benzene ring substituents is 1. The van der Waals surface area contributed by atoms with Gasteiger partial charge in [-0.3, -0.25) is 14.9 Å². The zero-order valence-electron chi connectivity index (χ0n) is 11.1. The molecule has 0 saturated heterocycles. The molecule has 1 aromatic carbocycles. The van der Waals surface area contributed by atoms with E-state index in [9.17, 15) is 14.9 Å².